The lowest BCUT2D eigenvalue weighted by Crippen LogP contribution is -2.10. The molecule has 0 aliphatic heterocycles. The number of fused-ring (bicyclic) bond motifs is 21. The monoisotopic (exact) mass is 1080 g/mol. The van der Waals surface area contributed by atoms with Crippen LogP contribution in [0, 0.1) is 6.92 Å². The third-order valence-electron chi connectivity index (χ3n) is 19.3. The summed E-state index contributed by atoms with van der Waals surface area (Å²) >= 11 is 0. The lowest BCUT2D eigenvalue weighted by Gasteiger charge is -2.27. The van der Waals surface area contributed by atoms with Gasteiger partial charge in [-0.05, 0) is 161 Å². The van der Waals surface area contributed by atoms with Crippen LogP contribution in [0.4, 0.5) is 34.1 Å². The van der Waals surface area contributed by atoms with E-state index in [4.69, 9.17) is 0 Å². The number of hydrogen-bond donors (Lipinski definition) is 0. The van der Waals surface area contributed by atoms with E-state index in [1.54, 1.807) is 0 Å². The highest BCUT2D eigenvalue weighted by Gasteiger charge is 2.29. The minimum Gasteiger partial charge on any atom is -0.310 e. The summed E-state index contributed by atoms with van der Waals surface area (Å²) in [6, 6.07) is 100. The van der Waals surface area contributed by atoms with Crippen LogP contribution in [-0.4, -0.2) is 13.2 Å². The van der Waals surface area contributed by atoms with E-state index in [1.165, 1.54) is 153 Å². The summed E-state index contributed by atoms with van der Waals surface area (Å²) < 4.78 is 7.55. The predicted molar refractivity (Wildman–Crippen MR) is 358 cm³/mol. The molecule has 13 aromatic carbocycles. The summed E-state index contributed by atoms with van der Waals surface area (Å²) in [5, 5.41) is 15.1. The van der Waals surface area contributed by atoms with Crippen LogP contribution in [0.3, 0.4) is 0 Å². The fourth-order valence-corrected chi connectivity index (χ4v) is 15.8. The molecule has 0 atom stereocenters. The first-order valence-electron chi connectivity index (χ1n) is 29.6. The van der Waals surface area contributed by atoms with Crippen molar-refractivity contribution in [2.45, 2.75) is 13.3 Å². The van der Waals surface area contributed by atoms with Crippen molar-refractivity contribution < 1.29 is 0 Å². The highest BCUT2D eigenvalue weighted by atomic mass is 15.2. The molecule has 0 fully saturated rings. The maximum absolute atomic E-state index is 2.55. The smallest absolute Gasteiger partial charge is 0.0622 e. The van der Waals surface area contributed by atoms with Gasteiger partial charge in [0.2, 0.25) is 0 Å². The van der Waals surface area contributed by atoms with E-state index in [9.17, 15) is 0 Å². The van der Waals surface area contributed by atoms with Crippen molar-refractivity contribution in [3.05, 3.63) is 284 Å². The minimum atomic E-state index is 0.926. The fourth-order valence-electron chi connectivity index (χ4n) is 15.8. The zero-order valence-electron chi connectivity index (χ0n) is 46.3. The molecule has 0 N–H and O–H groups in total. The van der Waals surface area contributed by atoms with E-state index in [2.05, 4.69) is 297 Å². The van der Waals surface area contributed by atoms with E-state index < -0.39 is 0 Å². The minimum absolute atomic E-state index is 0.926. The molecular formula is C80H49N5. The number of benzene rings is 13. The quantitative estimate of drug-likeness (QED) is 0.158. The lowest BCUT2D eigenvalue weighted by atomic mass is 9.92. The summed E-state index contributed by atoms with van der Waals surface area (Å²) in [4.78, 5) is 4.93. The average molecular weight is 1080 g/mol. The van der Waals surface area contributed by atoms with Crippen LogP contribution in [-0.2, 0) is 6.42 Å². The summed E-state index contributed by atoms with van der Waals surface area (Å²) in [6.45, 7) is 2.24. The second kappa shape index (κ2) is 16.5. The van der Waals surface area contributed by atoms with Gasteiger partial charge in [-0.25, -0.2) is 0 Å². The van der Waals surface area contributed by atoms with Crippen LogP contribution < -0.4 is 9.80 Å². The van der Waals surface area contributed by atoms with Gasteiger partial charge in [-0.1, -0.05) is 158 Å². The van der Waals surface area contributed by atoms with E-state index >= 15 is 0 Å². The Kier molecular flexibility index (Phi) is 8.84. The summed E-state index contributed by atoms with van der Waals surface area (Å²) in [6.07, 6.45) is 0.926. The van der Waals surface area contributed by atoms with Gasteiger partial charge in [0.1, 0.15) is 0 Å². The van der Waals surface area contributed by atoms with Crippen molar-refractivity contribution in [2.24, 2.45) is 0 Å². The standard InChI is InChI=1S/C80H49N5/c1-47-18-8-10-24-55(47)64-41-53(42-65-56-25-11-9-19-48(56)38-63(64)65)81(49-20-4-2-5-21-49)51-34-36-74-66(39-51)59-28-16-30-61-68-46-77-69(45-76(68)84(74)78(59)61)62-31-17-29-60-67-40-52(35-37-75(67)85(77)79(60)62)82(50-22-6-3-7-23-50)54-43-70-57-26-12-14-32-72(57)83-73-33-15-13-27-58(73)71(44-54)80(70)83/h2-37,39-46H,38H2,1H3. The van der Waals surface area contributed by atoms with Gasteiger partial charge in [0.05, 0.1) is 49.7 Å². The summed E-state index contributed by atoms with van der Waals surface area (Å²) in [5.74, 6) is 0. The van der Waals surface area contributed by atoms with Crippen LogP contribution in [0.1, 0.15) is 16.7 Å². The Morgan fingerprint density at radius 1 is 0.247 bits per heavy atom. The van der Waals surface area contributed by atoms with Crippen LogP contribution in [0.5, 0.6) is 0 Å². The zero-order valence-corrected chi connectivity index (χ0v) is 46.3. The van der Waals surface area contributed by atoms with Crippen LogP contribution in [0.25, 0.3) is 137 Å². The Labute approximate surface area is 487 Å². The first-order valence-corrected chi connectivity index (χ1v) is 29.6. The Bertz CT molecular complexity index is 5940. The molecule has 0 unspecified atom stereocenters. The molecule has 85 heavy (non-hydrogen) atoms. The maximum Gasteiger partial charge on any atom is 0.0622 e. The maximum atomic E-state index is 2.55. The molecule has 20 rings (SSSR count). The number of anilines is 6. The molecular weight excluding hydrogens is 1030 g/mol. The van der Waals surface area contributed by atoms with Crippen molar-refractivity contribution in [3.8, 4) is 22.3 Å². The van der Waals surface area contributed by atoms with Crippen molar-refractivity contribution in [1.82, 2.24) is 13.2 Å². The van der Waals surface area contributed by atoms with E-state index in [-0.39, 0.29) is 0 Å². The van der Waals surface area contributed by atoms with Crippen LogP contribution >= 0.6 is 0 Å². The third-order valence-corrected chi connectivity index (χ3v) is 19.3. The molecule has 6 aromatic heterocycles. The van der Waals surface area contributed by atoms with Crippen molar-refractivity contribution in [3.63, 3.8) is 0 Å². The van der Waals surface area contributed by atoms with Gasteiger partial charge in [0, 0.05) is 98.8 Å². The SMILES string of the molecule is Cc1ccccc1-c1cc(N(c2ccccc2)c2ccc3c(c2)c2cccc4c5cc6c(cc5n3c24)c2cccc3c4cc(N(c5ccccc5)c5cc7c8ccccc8n8c9ccccc9c(c5)c78)ccc4n6c32)cc2c1Cc1ccccc1-2. The van der Waals surface area contributed by atoms with Gasteiger partial charge in [-0.2, -0.15) is 0 Å². The Morgan fingerprint density at radius 2 is 0.635 bits per heavy atom. The predicted octanol–water partition coefficient (Wildman–Crippen LogP) is 21.6. The number of nitrogens with zero attached hydrogens (tertiary/aromatic N) is 5. The van der Waals surface area contributed by atoms with E-state index in [0.717, 1.165) is 40.5 Å². The first-order chi connectivity index (χ1) is 42.1. The number of rotatable bonds is 7. The molecule has 5 heteroatoms. The molecule has 19 aromatic rings. The van der Waals surface area contributed by atoms with Crippen molar-refractivity contribution in [2.75, 3.05) is 9.80 Å². The molecule has 0 amide bonds. The Hall–Kier alpha value is -11.1. The van der Waals surface area contributed by atoms with Crippen molar-refractivity contribution in [1.29, 1.82) is 0 Å². The molecule has 0 bridgehead atoms. The molecule has 1 aliphatic rings. The van der Waals surface area contributed by atoms with Gasteiger partial charge in [0.25, 0.3) is 0 Å². The van der Waals surface area contributed by atoms with E-state index in [1.807, 2.05) is 0 Å². The molecule has 5 nitrogen and oxygen atoms in total. The molecule has 0 spiro atoms. The third kappa shape index (κ3) is 6.00. The summed E-state index contributed by atoms with van der Waals surface area (Å²) in [5.41, 5.74) is 27.2. The number of aromatic nitrogens is 3. The van der Waals surface area contributed by atoms with Crippen molar-refractivity contribution >= 4 is 148 Å². The average Bonchev–Trinajstić information content (AvgIpc) is 1.70. The highest BCUT2D eigenvalue weighted by molar-refractivity contribution is 6.30. The molecule has 0 radical (unpaired) electrons. The second-order valence-electron chi connectivity index (χ2n) is 23.6. The number of hydrogen-bond acceptors (Lipinski definition) is 2. The fraction of sp³-hybridized carbons (Fsp3) is 0.0250. The van der Waals surface area contributed by atoms with Gasteiger partial charge < -0.3 is 23.0 Å². The Morgan fingerprint density at radius 3 is 1.18 bits per heavy atom. The van der Waals surface area contributed by atoms with E-state index in [0.29, 0.717) is 0 Å². The summed E-state index contributed by atoms with van der Waals surface area (Å²) in [7, 11) is 0. The number of aryl methyl sites for hydroxylation is 1. The molecule has 1 aliphatic carbocycles. The van der Waals surface area contributed by atoms with Gasteiger partial charge >= 0.3 is 0 Å². The topological polar surface area (TPSA) is 19.7 Å². The van der Waals surface area contributed by atoms with Gasteiger partial charge in [-0.3, -0.25) is 0 Å². The zero-order chi connectivity index (χ0) is 55.3. The molecule has 0 saturated carbocycles. The Balaban J connectivity index is 0.766. The molecule has 6 heterocycles. The lowest BCUT2D eigenvalue weighted by molar-refractivity contribution is 1.24. The number of para-hydroxylation sites is 6. The second-order valence-corrected chi connectivity index (χ2v) is 23.6. The normalized spacial score (nSPS) is 12.7. The molecule has 0 saturated heterocycles. The highest BCUT2D eigenvalue weighted by Crippen LogP contribution is 2.51. The van der Waals surface area contributed by atoms with Gasteiger partial charge in [-0.15, -0.1) is 0 Å². The largest absolute Gasteiger partial charge is 0.310 e. The van der Waals surface area contributed by atoms with Crippen LogP contribution in [0.15, 0.2) is 267 Å². The van der Waals surface area contributed by atoms with Crippen LogP contribution in [0.2, 0.25) is 0 Å². The first kappa shape index (κ1) is 45.5. The van der Waals surface area contributed by atoms with Gasteiger partial charge in [0.15, 0.2) is 0 Å². The molecule has 394 valence electrons.